The van der Waals surface area contributed by atoms with E-state index >= 15 is 0 Å². The van der Waals surface area contributed by atoms with Gasteiger partial charge in [0.1, 0.15) is 5.52 Å². The molecular formula is C19H21F3N6O3S. The van der Waals surface area contributed by atoms with Crippen molar-refractivity contribution in [3.05, 3.63) is 42.0 Å². The van der Waals surface area contributed by atoms with Gasteiger partial charge in [-0.1, -0.05) is 6.07 Å². The molecule has 0 saturated carbocycles. The van der Waals surface area contributed by atoms with E-state index in [1.54, 1.807) is 0 Å². The molecule has 1 fully saturated rings. The predicted molar refractivity (Wildman–Crippen MR) is 110 cm³/mol. The quantitative estimate of drug-likeness (QED) is 0.562. The minimum absolute atomic E-state index is 0.0585. The topological polar surface area (TPSA) is 113 Å². The summed E-state index contributed by atoms with van der Waals surface area (Å²) in [6.45, 7) is 0.172. The molecule has 0 bridgehead atoms. The van der Waals surface area contributed by atoms with Gasteiger partial charge in [0.05, 0.1) is 36.0 Å². The van der Waals surface area contributed by atoms with E-state index in [1.807, 2.05) is 0 Å². The van der Waals surface area contributed by atoms with Crippen LogP contribution >= 0.6 is 0 Å². The highest BCUT2D eigenvalue weighted by molar-refractivity contribution is 7.88. The third kappa shape index (κ3) is 4.69. The molecule has 0 aromatic carbocycles. The Morgan fingerprint density at radius 1 is 1.28 bits per heavy atom. The minimum atomic E-state index is -3.41. The summed E-state index contributed by atoms with van der Waals surface area (Å²) in [6, 6.07) is 3.74. The molecule has 2 atom stereocenters. The van der Waals surface area contributed by atoms with Crippen molar-refractivity contribution in [2.24, 2.45) is 0 Å². The highest BCUT2D eigenvalue weighted by Gasteiger charge is 2.32. The van der Waals surface area contributed by atoms with Crippen LogP contribution in [-0.2, 0) is 16.4 Å². The highest BCUT2D eigenvalue weighted by Crippen LogP contribution is 2.24. The monoisotopic (exact) mass is 470 g/mol. The standard InChI is InChI=1S/C19H21F3N6O3S/c1-32(30,31)27-5-4-14(17(29)10-27)25-19-24-9-16-12(20)7-15(28(16)26-19)13-3-2-11(8-23-13)6-18(21)22/h2-3,7-9,14,17-18,29H,4-6,10H2,1H3,(H,25,26)/t14-,17-/m1/s1. The summed E-state index contributed by atoms with van der Waals surface area (Å²) in [5, 5.41) is 17.6. The number of anilines is 1. The molecule has 0 aliphatic carbocycles. The Bertz CT molecular complexity index is 1220. The molecule has 1 aliphatic heterocycles. The Kier molecular flexibility index (Phi) is 6.05. The van der Waals surface area contributed by atoms with Crippen molar-refractivity contribution in [3.63, 3.8) is 0 Å². The largest absolute Gasteiger partial charge is 0.390 e. The summed E-state index contributed by atoms with van der Waals surface area (Å²) in [5.74, 6) is -0.466. The Morgan fingerprint density at radius 3 is 2.69 bits per heavy atom. The van der Waals surface area contributed by atoms with Crippen LogP contribution in [0.15, 0.2) is 30.6 Å². The second kappa shape index (κ2) is 8.64. The number of nitrogens with zero attached hydrogens (tertiary/aromatic N) is 5. The number of rotatable bonds is 6. The molecule has 0 amide bonds. The van der Waals surface area contributed by atoms with Crippen LogP contribution in [0.4, 0.5) is 19.1 Å². The summed E-state index contributed by atoms with van der Waals surface area (Å²) >= 11 is 0. The first kappa shape index (κ1) is 22.4. The maximum absolute atomic E-state index is 14.4. The lowest BCUT2D eigenvalue weighted by Crippen LogP contribution is -2.51. The molecule has 0 unspecified atom stereocenters. The number of β-amino-alcohol motifs (C(OH)–C–C–N with tert-alkyl or cyclic N) is 1. The highest BCUT2D eigenvalue weighted by atomic mass is 32.2. The van der Waals surface area contributed by atoms with Crippen molar-refractivity contribution in [2.45, 2.75) is 31.4 Å². The normalized spacial score (nSPS) is 20.2. The smallest absolute Gasteiger partial charge is 0.242 e. The van der Waals surface area contributed by atoms with Crippen LogP contribution in [0.5, 0.6) is 0 Å². The maximum atomic E-state index is 14.4. The predicted octanol–water partition coefficient (Wildman–Crippen LogP) is 1.54. The van der Waals surface area contributed by atoms with Crippen LogP contribution in [0.1, 0.15) is 12.0 Å². The number of sulfonamides is 1. The van der Waals surface area contributed by atoms with Gasteiger partial charge < -0.3 is 10.4 Å². The van der Waals surface area contributed by atoms with E-state index in [0.29, 0.717) is 23.4 Å². The molecule has 4 heterocycles. The number of fused-ring (bicyclic) bond motifs is 1. The second-order valence-corrected chi connectivity index (χ2v) is 9.61. The summed E-state index contributed by atoms with van der Waals surface area (Å²) < 4.78 is 65.3. The Morgan fingerprint density at radius 2 is 2.06 bits per heavy atom. The average Bonchev–Trinajstić information content (AvgIpc) is 3.05. The van der Waals surface area contributed by atoms with E-state index in [9.17, 15) is 26.7 Å². The summed E-state index contributed by atoms with van der Waals surface area (Å²) in [5.41, 5.74) is 1.10. The van der Waals surface area contributed by atoms with E-state index in [1.165, 1.54) is 39.4 Å². The third-order valence-corrected chi connectivity index (χ3v) is 6.54. The second-order valence-electron chi connectivity index (χ2n) is 7.63. The summed E-state index contributed by atoms with van der Waals surface area (Å²) in [6.07, 6.45) is 0.101. The van der Waals surface area contributed by atoms with E-state index in [0.717, 1.165) is 6.26 Å². The van der Waals surface area contributed by atoms with Crippen molar-refractivity contribution >= 4 is 21.5 Å². The third-order valence-electron chi connectivity index (χ3n) is 5.27. The molecule has 2 N–H and O–H groups in total. The van der Waals surface area contributed by atoms with Gasteiger partial charge in [0, 0.05) is 31.8 Å². The van der Waals surface area contributed by atoms with Gasteiger partial charge in [-0.3, -0.25) is 4.98 Å². The van der Waals surface area contributed by atoms with Gasteiger partial charge in [-0.25, -0.2) is 31.1 Å². The van der Waals surface area contributed by atoms with Gasteiger partial charge in [-0.15, -0.1) is 5.10 Å². The molecule has 3 aromatic rings. The zero-order valence-corrected chi connectivity index (χ0v) is 17.8. The van der Waals surface area contributed by atoms with Gasteiger partial charge in [0.15, 0.2) is 5.82 Å². The number of aliphatic hydroxyl groups excluding tert-OH is 1. The molecule has 172 valence electrons. The van der Waals surface area contributed by atoms with Crippen LogP contribution in [-0.4, -0.2) is 75.3 Å². The van der Waals surface area contributed by atoms with Crippen molar-refractivity contribution < 1.29 is 26.7 Å². The molecule has 32 heavy (non-hydrogen) atoms. The minimum Gasteiger partial charge on any atom is -0.390 e. The zero-order valence-electron chi connectivity index (χ0n) is 17.0. The molecule has 13 heteroatoms. The lowest BCUT2D eigenvalue weighted by atomic mass is 10.0. The number of aliphatic hydroxyl groups is 1. The number of hydrogen-bond acceptors (Lipinski definition) is 7. The molecule has 9 nitrogen and oxygen atoms in total. The molecular weight excluding hydrogens is 449 g/mol. The number of halogens is 3. The lowest BCUT2D eigenvalue weighted by Gasteiger charge is -2.34. The lowest BCUT2D eigenvalue weighted by molar-refractivity contribution is 0.0950. The van der Waals surface area contributed by atoms with E-state index < -0.39 is 40.8 Å². The number of nitrogens with one attached hydrogen (secondary N) is 1. The summed E-state index contributed by atoms with van der Waals surface area (Å²) in [7, 11) is -3.41. The Hall–Kier alpha value is -2.77. The molecule has 0 spiro atoms. The number of aromatic nitrogens is 4. The first-order chi connectivity index (χ1) is 15.1. The van der Waals surface area contributed by atoms with Crippen LogP contribution in [0.25, 0.3) is 16.9 Å². The van der Waals surface area contributed by atoms with Crippen molar-refractivity contribution in [2.75, 3.05) is 24.7 Å². The van der Waals surface area contributed by atoms with E-state index in [4.69, 9.17) is 0 Å². The number of alkyl halides is 2. The van der Waals surface area contributed by atoms with Crippen LogP contribution in [0, 0.1) is 5.82 Å². The van der Waals surface area contributed by atoms with Gasteiger partial charge in [0.2, 0.25) is 22.4 Å². The van der Waals surface area contributed by atoms with Gasteiger partial charge in [0.25, 0.3) is 0 Å². The molecule has 3 aromatic heterocycles. The first-order valence-corrected chi connectivity index (χ1v) is 11.6. The van der Waals surface area contributed by atoms with Crippen molar-refractivity contribution in [3.8, 4) is 11.4 Å². The van der Waals surface area contributed by atoms with Crippen molar-refractivity contribution in [1.29, 1.82) is 0 Å². The average molecular weight is 470 g/mol. The van der Waals surface area contributed by atoms with Crippen LogP contribution in [0.2, 0.25) is 0 Å². The van der Waals surface area contributed by atoms with E-state index in [-0.39, 0.29) is 24.6 Å². The fourth-order valence-electron chi connectivity index (χ4n) is 3.61. The Labute approximate surface area is 182 Å². The maximum Gasteiger partial charge on any atom is 0.242 e. The molecule has 1 aliphatic rings. The molecule has 1 saturated heterocycles. The van der Waals surface area contributed by atoms with E-state index in [2.05, 4.69) is 20.4 Å². The van der Waals surface area contributed by atoms with Gasteiger partial charge in [-0.05, 0) is 18.1 Å². The van der Waals surface area contributed by atoms with Gasteiger partial charge >= 0.3 is 0 Å². The fourth-order valence-corrected chi connectivity index (χ4v) is 4.48. The summed E-state index contributed by atoms with van der Waals surface area (Å²) in [4.78, 5) is 8.24. The molecule has 0 radical (unpaired) electrons. The fraction of sp³-hybridized carbons (Fsp3) is 0.421. The van der Waals surface area contributed by atoms with Crippen LogP contribution < -0.4 is 5.32 Å². The zero-order chi connectivity index (χ0) is 23.0. The van der Waals surface area contributed by atoms with Crippen molar-refractivity contribution in [1.82, 2.24) is 23.9 Å². The Balaban J connectivity index is 1.58. The SMILES string of the molecule is CS(=O)(=O)N1CC[C@@H](Nc2ncc3c(F)cc(-c4ccc(CC(F)F)cn4)n3n2)[C@H](O)C1. The molecule has 4 rings (SSSR count). The number of pyridine rings is 1. The number of hydrogen-bond donors (Lipinski definition) is 2. The van der Waals surface area contributed by atoms with Gasteiger partial charge in [-0.2, -0.15) is 4.31 Å². The first-order valence-electron chi connectivity index (χ1n) is 9.79. The van der Waals surface area contributed by atoms with Crippen LogP contribution in [0.3, 0.4) is 0 Å². The number of piperidine rings is 1.